The van der Waals surface area contributed by atoms with Gasteiger partial charge in [0.2, 0.25) is 0 Å². The van der Waals surface area contributed by atoms with Crippen molar-refractivity contribution in [1.29, 1.82) is 0 Å². The lowest BCUT2D eigenvalue weighted by molar-refractivity contribution is 0.262. The lowest BCUT2D eigenvalue weighted by Crippen LogP contribution is -2.19. The summed E-state index contributed by atoms with van der Waals surface area (Å²) in [6, 6.07) is 10.1. The fourth-order valence-electron chi connectivity index (χ4n) is 2.50. The molecule has 2 aromatic carbocycles. The molecule has 1 aromatic heterocycles. The maximum atomic E-state index is 12.2. The van der Waals surface area contributed by atoms with Crippen LogP contribution < -0.4 is 10.6 Å². The molecule has 0 aliphatic rings. The third kappa shape index (κ3) is 4.15. The van der Waals surface area contributed by atoms with Gasteiger partial charge in [-0.05, 0) is 55.3 Å². The molecule has 8 heteroatoms. The molecule has 3 aromatic rings. The van der Waals surface area contributed by atoms with E-state index in [4.69, 9.17) is 0 Å². The van der Waals surface area contributed by atoms with Gasteiger partial charge in [-0.15, -0.1) is 0 Å². The SMILES string of the molecule is Cc1cc(C)cc(NC(=O)Nc2nc3ccc(S(C)(=O)=O)cc3s2)c1. The molecule has 0 aliphatic heterocycles. The third-order valence-electron chi connectivity index (χ3n) is 3.49. The van der Waals surface area contributed by atoms with Gasteiger partial charge in [-0.25, -0.2) is 18.2 Å². The third-order valence-corrected chi connectivity index (χ3v) is 5.53. The fraction of sp³-hybridized carbons (Fsp3) is 0.176. The number of rotatable bonds is 3. The molecule has 3 rings (SSSR count). The van der Waals surface area contributed by atoms with Crippen LogP contribution in [0, 0.1) is 13.8 Å². The highest BCUT2D eigenvalue weighted by atomic mass is 32.2. The van der Waals surface area contributed by atoms with Gasteiger partial charge in [0.05, 0.1) is 15.1 Å². The highest BCUT2D eigenvalue weighted by Crippen LogP contribution is 2.28. The number of nitrogens with zero attached hydrogens (tertiary/aromatic N) is 1. The van der Waals surface area contributed by atoms with Gasteiger partial charge in [-0.1, -0.05) is 17.4 Å². The number of carbonyl (C=O) groups is 1. The molecule has 130 valence electrons. The number of urea groups is 1. The predicted molar refractivity (Wildman–Crippen MR) is 101 cm³/mol. The number of benzene rings is 2. The van der Waals surface area contributed by atoms with Gasteiger partial charge < -0.3 is 5.32 Å². The Bertz CT molecular complexity index is 1050. The highest BCUT2D eigenvalue weighted by Gasteiger charge is 2.12. The van der Waals surface area contributed by atoms with Crippen LogP contribution in [0.15, 0.2) is 41.3 Å². The summed E-state index contributed by atoms with van der Waals surface area (Å²) in [5.74, 6) is 0. The monoisotopic (exact) mass is 375 g/mol. The van der Waals surface area contributed by atoms with E-state index in [2.05, 4.69) is 15.6 Å². The van der Waals surface area contributed by atoms with Crippen molar-refractivity contribution in [2.45, 2.75) is 18.7 Å². The standard InChI is InChI=1S/C17H17N3O3S2/c1-10-6-11(2)8-12(7-10)18-16(21)20-17-19-14-5-4-13(25(3,22)23)9-15(14)24-17/h4-9H,1-3H3,(H2,18,19,20,21). The van der Waals surface area contributed by atoms with Crippen LogP contribution in [-0.2, 0) is 9.84 Å². The summed E-state index contributed by atoms with van der Waals surface area (Å²) in [4.78, 5) is 16.7. The molecule has 0 saturated carbocycles. The molecule has 0 atom stereocenters. The van der Waals surface area contributed by atoms with Crippen molar-refractivity contribution in [2.75, 3.05) is 16.9 Å². The molecule has 2 N–H and O–H groups in total. The van der Waals surface area contributed by atoms with Crippen LogP contribution in [0.2, 0.25) is 0 Å². The summed E-state index contributed by atoms with van der Waals surface area (Å²) in [7, 11) is -3.28. The Morgan fingerprint density at radius 3 is 2.36 bits per heavy atom. The zero-order valence-electron chi connectivity index (χ0n) is 14.0. The molecule has 6 nitrogen and oxygen atoms in total. The quantitative estimate of drug-likeness (QED) is 0.725. The predicted octanol–water partition coefficient (Wildman–Crippen LogP) is 3.96. The van der Waals surface area contributed by atoms with E-state index in [-0.39, 0.29) is 4.90 Å². The zero-order valence-corrected chi connectivity index (χ0v) is 15.6. The number of amides is 2. The first-order valence-corrected chi connectivity index (χ1v) is 10.2. The lowest BCUT2D eigenvalue weighted by Gasteiger charge is -2.07. The number of sulfone groups is 1. The van der Waals surface area contributed by atoms with Gasteiger partial charge >= 0.3 is 6.03 Å². The molecule has 0 aliphatic carbocycles. The van der Waals surface area contributed by atoms with Gasteiger partial charge in [0.25, 0.3) is 0 Å². The summed E-state index contributed by atoms with van der Waals surface area (Å²) in [5, 5.41) is 5.86. The van der Waals surface area contributed by atoms with Crippen LogP contribution in [0.5, 0.6) is 0 Å². The van der Waals surface area contributed by atoms with E-state index in [1.165, 1.54) is 17.4 Å². The number of anilines is 2. The second kappa shape index (κ2) is 6.45. The Hall–Kier alpha value is -2.45. The number of aromatic nitrogens is 1. The molecule has 0 bridgehead atoms. The van der Waals surface area contributed by atoms with Crippen molar-refractivity contribution in [3.8, 4) is 0 Å². The molecular weight excluding hydrogens is 358 g/mol. The van der Waals surface area contributed by atoms with Crippen molar-refractivity contribution in [2.24, 2.45) is 0 Å². The van der Waals surface area contributed by atoms with Crippen LogP contribution in [-0.4, -0.2) is 25.7 Å². The van der Waals surface area contributed by atoms with Crippen LogP contribution in [0.3, 0.4) is 0 Å². The smallest absolute Gasteiger partial charge is 0.308 e. The van der Waals surface area contributed by atoms with E-state index >= 15 is 0 Å². The Morgan fingerprint density at radius 1 is 1.04 bits per heavy atom. The maximum Gasteiger partial charge on any atom is 0.325 e. The summed E-state index contributed by atoms with van der Waals surface area (Å²) >= 11 is 1.23. The fourth-order valence-corrected chi connectivity index (χ4v) is 4.12. The van der Waals surface area contributed by atoms with Crippen molar-refractivity contribution in [3.05, 3.63) is 47.5 Å². The number of nitrogens with one attached hydrogen (secondary N) is 2. The number of fused-ring (bicyclic) bond motifs is 1. The molecule has 2 amide bonds. The normalized spacial score (nSPS) is 11.5. The molecule has 0 radical (unpaired) electrons. The van der Waals surface area contributed by atoms with E-state index in [0.717, 1.165) is 17.4 Å². The van der Waals surface area contributed by atoms with Gasteiger partial charge in [0.15, 0.2) is 15.0 Å². The Balaban J connectivity index is 1.79. The maximum absolute atomic E-state index is 12.2. The topological polar surface area (TPSA) is 88.2 Å². The number of carbonyl (C=O) groups excluding carboxylic acids is 1. The van der Waals surface area contributed by atoms with Crippen molar-refractivity contribution < 1.29 is 13.2 Å². The van der Waals surface area contributed by atoms with E-state index in [0.29, 0.717) is 21.0 Å². The van der Waals surface area contributed by atoms with Crippen LogP contribution >= 0.6 is 11.3 Å². The van der Waals surface area contributed by atoms with Gasteiger partial charge in [-0.2, -0.15) is 0 Å². The minimum atomic E-state index is -3.28. The van der Waals surface area contributed by atoms with Gasteiger partial charge in [0, 0.05) is 11.9 Å². The van der Waals surface area contributed by atoms with Crippen LogP contribution in [0.25, 0.3) is 10.2 Å². The largest absolute Gasteiger partial charge is 0.325 e. The lowest BCUT2D eigenvalue weighted by atomic mass is 10.1. The van der Waals surface area contributed by atoms with Crippen LogP contribution in [0.4, 0.5) is 15.6 Å². The van der Waals surface area contributed by atoms with Crippen molar-refractivity contribution in [1.82, 2.24) is 4.98 Å². The summed E-state index contributed by atoms with van der Waals surface area (Å²) < 4.78 is 23.9. The molecule has 0 unspecified atom stereocenters. The summed E-state index contributed by atoms with van der Waals surface area (Å²) in [5.41, 5.74) is 3.46. The first-order chi connectivity index (χ1) is 11.7. The first-order valence-electron chi connectivity index (χ1n) is 7.48. The summed E-state index contributed by atoms with van der Waals surface area (Å²) in [6.07, 6.45) is 1.16. The minimum Gasteiger partial charge on any atom is -0.308 e. The van der Waals surface area contributed by atoms with E-state index in [9.17, 15) is 13.2 Å². The molecular formula is C17H17N3O3S2. The Morgan fingerprint density at radius 2 is 1.72 bits per heavy atom. The first kappa shape index (κ1) is 17.4. The van der Waals surface area contributed by atoms with Crippen molar-refractivity contribution in [3.63, 3.8) is 0 Å². The second-order valence-corrected chi connectivity index (χ2v) is 8.92. The van der Waals surface area contributed by atoms with Gasteiger partial charge in [-0.3, -0.25) is 5.32 Å². The molecule has 0 saturated heterocycles. The second-order valence-electron chi connectivity index (χ2n) is 5.88. The average Bonchev–Trinajstić information content (AvgIpc) is 2.85. The number of hydrogen-bond donors (Lipinski definition) is 2. The zero-order chi connectivity index (χ0) is 18.2. The summed E-state index contributed by atoms with van der Waals surface area (Å²) in [6.45, 7) is 3.92. The number of thiazole rings is 1. The highest BCUT2D eigenvalue weighted by molar-refractivity contribution is 7.90. The minimum absolute atomic E-state index is 0.231. The molecule has 25 heavy (non-hydrogen) atoms. The van der Waals surface area contributed by atoms with E-state index < -0.39 is 15.9 Å². The Kier molecular flexibility index (Phi) is 4.49. The van der Waals surface area contributed by atoms with Crippen molar-refractivity contribution >= 4 is 48.2 Å². The number of hydrogen-bond acceptors (Lipinski definition) is 5. The number of aryl methyl sites for hydroxylation is 2. The molecule has 0 fully saturated rings. The van der Waals surface area contributed by atoms with Crippen LogP contribution in [0.1, 0.15) is 11.1 Å². The van der Waals surface area contributed by atoms with E-state index in [1.54, 1.807) is 12.1 Å². The van der Waals surface area contributed by atoms with E-state index in [1.807, 2.05) is 32.0 Å². The van der Waals surface area contributed by atoms with Gasteiger partial charge in [0.1, 0.15) is 0 Å². The average molecular weight is 375 g/mol. The molecule has 1 heterocycles. The Labute approximate surface area is 149 Å². The molecule has 0 spiro atoms.